The second kappa shape index (κ2) is 7.72. The Morgan fingerprint density at radius 2 is 1.89 bits per heavy atom. The summed E-state index contributed by atoms with van der Waals surface area (Å²) in [4.78, 5) is 16.6. The molecule has 1 saturated heterocycles. The molecule has 0 N–H and O–H groups in total. The molecule has 5 nitrogen and oxygen atoms in total. The molecule has 0 radical (unpaired) electrons. The largest absolute Gasteiger partial charge is 0.416 e. The van der Waals surface area contributed by atoms with E-state index < -0.39 is 11.7 Å². The molecule has 8 heteroatoms. The SMILES string of the molecule is CCn1ncc(C(=O)N2CCN(Cc3cccc(C(F)(F)F)c3)CC2)c1C. The number of hydrogen-bond donors (Lipinski definition) is 0. The molecule has 0 bridgehead atoms. The van der Waals surface area contributed by atoms with Crippen molar-refractivity contribution < 1.29 is 18.0 Å². The molecular weight excluding hydrogens is 357 g/mol. The van der Waals surface area contributed by atoms with Gasteiger partial charge < -0.3 is 4.90 Å². The second-order valence-corrected chi connectivity index (χ2v) is 6.73. The minimum atomic E-state index is -4.33. The number of aromatic nitrogens is 2. The number of rotatable bonds is 4. The molecule has 0 unspecified atom stereocenters. The molecule has 0 saturated carbocycles. The highest BCUT2D eigenvalue weighted by Gasteiger charge is 2.30. The number of nitrogens with zero attached hydrogens (tertiary/aromatic N) is 4. The van der Waals surface area contributed by atoms with Gasteiger partial charge in [0.1, 0.15) is 0 Å². The van der Waals surface area contributed by atoms with Gasteiger partial charge in [-0.2, -0.15) is 18.3 Å². The minimum absolute atomic E-state index is 0.0362. The Kier molecular flexibility index (Phi) is 5.55. The molecule has 1 amide bonds. The highest BCUT2D eigenvalue weighted by molar-refractivity contribution is 5.95. The number of alkyl halides is 3. The van der Waals surface area contributed by atoms with Crippen LogP contribution in [0.15, 0.2) is 30.5 Å². The summed E-state index contributed by atoms with van der Waals surface area (Å²) in [6, 6.07) is 5.42. The van der Waals surface area contributed by atoms with Gasteiger partial charge in [-0.1, -0.05) is 18.2 Å². The van der Waals surface area contributed by atoms with E-state index in [9.17, 15) is 18.0 Å². The number of carbonyl (C=O) groups is 1. The number of amides is 1. The van der Waals surface area contributed by atoms with Crippen molar-refractivity contribution in [2.75, 3.05) is 26.2 Å². The van der Waals surface area contributed by atoms with Crippen molar-refractivity contribution in [1.82, 2.24) is 19.6 Å². The van der Waals surface area contributed by atoms with Gasteiger partial charge in [0.25, 0.3) is 5.91 Å². The molecule has 2 aromatic rings. The first kappa shape index (κ1) is 19.4. The Bertz CT molecular complexity index is 808. The van der Waals surface area contributed by atoms with Crippen LogP contribution in [0.3, 0.4) is 0 Å². The molecular formula is C19H23F3N4O. The third-order valence-corrected chi connectivity index (χ3v) is 4.95. The Labute approximate surface area is 156 Å². The fraction of sp³-hybridized carbons (Fsp3) is 0.474. The zero-order valence-corrected chi connectivity index (χ0v) is 15.5. The predicted molar refractivity (Wildman–Crippen MR) is 95.3 cm³/mol. The van der Waals surface area contributed by atoms with Gasteiger partial charge in [0, 0.05) is 45.0 Å². The van der Waals surface area contributed by atoms with Crippen LogP contribution in [0.2, 0.25) is 0 Å². The molecule has 27 heavy (non-hydrogen) atoms. The van der Waals surface area contributed by atoms with Crippen molar-refractivity contribution in [3.05, 3.63) is 52.8 Å². The van der Waals surface area contributed by atoms with E-state index >= 15 is 0 Å². The Morgan fingerprint density at radius 3 is 2.48 bits per heavy atom. The fourth-order valence-corrected chi connectivity index (χ4v) is 3.36. The summed E-state index contributed by atoms with van der Waals surface area (Å²) in [5.74, 6) is -0.0362. The first-order valence-electron chi connectivity index (χ1n) is 8.99. The monoisotopic (exact) mass is 380 g/mol. The molecule has 2 heterocycles. The lowest BCUT2D eigenvalue weighted by atomic mass is 10.1. The Morgan fingerprint density at radius 1 is 1.19 bits per heavy atom. The fourth-order valence-electron chi connectivity index (χ4n) is 3.36. The summed E-state index contributed by atoms with van der Waals surface area (Å²) in [6.07, 6.45) is -2.72. The number of hydrogen-bond acceptors (Lipinski definition) is 3. The first-order chi connectivity index (χ1) is 12.8. The summed E-state index contributed by atoms with van der Waals surface area (Å²) in [5, 5.41) is 4.22. The van der Waals surface area contributed by atoms with Crippen molar-refractivity contribution in [3.63, 3.8) is 0 Å². The number of carbonyl (C=O) groups excluding carboxylic acids is 1. The Balaban J connectivity index is 1.59. The predicted octanol–water partition coefficient (Wildman–Crippen LogP) is 3.19. The summed E-state index contributed by atoms with van der Waals surface area (Å²) >= 11 is 0. The lowest BCUT2D eigenvalue weighted by molar-refractivity contribution is -0.137. The van der Waals surface area contributed by atoms with Gasteiger partial charge in [-0.25, -0.2) is 0 Å². The topological polar surface area (TPSA) is 41.4 Å². The van der Waals surface area contributed by atoms with Gasteiger partial charge in [-0.05, 0) is 25.5 Å². The zero-order chi connectivity index (χ0) is 19.6. The summed E-state index contributed by atoms with van der Waals surface area (Å²) in [5.41, 5.74) is 1.47. The van der Waals surface area contributed by atoms with Crippen molar-refractivity contribution in [1.29, 1.82) is 0 Å². The highest BCUT2D eigenvalue weighted by atomic mass is 19.4. The van der Waals surface area contributed by atoms with Gasteiger partial charge >= 0.3 is 6.18 Å². The number of piperazine rings is 1. The molecule has 1 aromatic carbocycles. The average molecular weight is 380 g/mol. The lowest BCUT2D eigenvalue weighted by Gasteiger charge is -2.34. The maximum absolute atomic E-state index is 12.8. The van der Waals surface area contributed by atoms with E-state index in [1.807, 2.05) is 13.8 Å². The zero-order valence-electron chi connectivity index (χ0n) is 15.5. The molecule has 146 valence electrons. The maximum Gasteiger partial charge on any atom is 0.416 e. The van der Waals surface area contributed by atoms with Crippen molar-refractivity contribution in [3.8, 4) is 0 Å². The van der Waals surface area contributed by atoms with E-state index in [0.717, 1.165) is 11.8 Å². The second-order valence-electron chi connectivity index (χ2n) is 6.73. The van der Waals surface area contributed by atoms with Crippen molar-refractivity contribution in [2.45, 2.75) is 33.1 Å². The van der Waals surface area contributed by atoms with Crippen LogP contribution in [-0.2, 0) is 19.3 Å². The van der Waals surface area contributed by atoms with E-state index in [2.05, 4.69) is 10.00 Å². The average Bonchev–Trinajstić information content (AvgIpc) is 3.02. The third kappa shape index (κ3) is 4.32. The molecule has 1 aliphatic rings. The molecule has 0 aliphatic carbocycles. The van der Waals surface area contributed by atoms with Crippen LogP contribution in [0.1, 0.15) is 34.1 Å². The van der Waals surface area contributed by atoms with Gasteiger partial charge in [-0.15, -0.1) is 0 Å². The van der Waals surface area contributed by atoms with E-state index in [0.29, 0.717) is 50.4 Å². The molecule has 1 fully saturated rings. The van der Waals surface area contributed by atoms with Crippen molar-refractivity contribution in [2.24, 2.45) is 0 Å². The van der Waals surface area contributed by atoms with Crippen LogP contribution in [0, 0.1) is 6.92 Å². The van der Waals surface area contributed by atoms with Gasteiger partial charge in [-0.3, -0.25) is 14.4 Å². The van der Waals surface area contributed by atoms with E-state index in [4.69, 9.17) is 0 Å². The Hall–Kier alpha value is -2.35. The number of halogens is 3. The van der Waals surface area contributed by atoms with Gasteiger partial charge in [0.05, 0.1) is 17.3 Å². The van der Waals surface area contributed by atoms with Crippen LogP contribution in [0.25, 0.3) is 0 Å². The summed E-state index contributed by atoms with van der Waals surface area (Å²) in [6.45, 7) is 7.37. The lowest BCUT2D eigenvalue weighted by Crippen LogP contribution is -2.48. The molecule has 1 aromatic heterocycles. The van der Waals surface area contributed by atoms with Crippen molar-refractivity contribution >= 4 is 5.91 Å². The van der Waals surface area contributed by atoms with Crippen LogP contribution in [0.5, 0.6) is 0 Å². The van der Waals surface area contributed by atoms with Crippen LogP contribution >= 0.6 is 0 Å². The number of aryl methyl sites for hydroxylation is 1. The number of benzene rings is 1. The summed E-state index contributed by atoms with van der Waals surface area (Å²) in [7, 11) is 0. The first-order valence-corrected chi connectivity index (χ1v) is 8.99. The van der Waals surface area contributed by atoms with Crippen LogP contribution < -0.4 is 0 Å². The maximum atomic E-state index is 12.8. The normalized spacial score (nSPS) is 16.0. The molecule has 0 spiro atoms. The molecule has 0 atom stereocenters. The minimum Gasteiger partial charge on any atom is -0.336 e. The van der Waals surface area contributed by atoms with Crippen LogP contribution in [-0.4, -0.2) is 51.7 Å². The van der Waals surface area contributed by atoms with E-state index in [-0.39, 0.29) is 5.91 Å². The highest BCUT2D eigenvalue weighted by Crippen LogP contribution is 2.29. The van der Waals surface area contributed by atoms with Crippen LogP contribution in [0.4, 0.5) is 13.2 Å². The molecule has 3 rings (SSSR count). The third-order valence-electron chi connectivity index (χ3n) is 4.95. The van der Waals surface area contributed by atoms with E-state index in [1.54, 1.807) is 21.8 Å². The molecule has 1 aliphatic heterocycles. The van der Waals surface area contributed by atoms with Gasteiger partial charge in [0.15, 0.2) is 0 Å². The smallest absolute Gasteiger partial charge is 0.336 e. The quantitative estimate of drug-likeness (QED) is 0.818. The van der Waals surface area contributed by atoms with Gasteiger partial charge in [0.2, 0.25) is 0 Å². The standard InChI is InChI=1S/C19H23F3N4O/c1-3-26-14(2)17(12-23-26)18(27)25-9-7-24(8-10-25)13-15-5-4-6-16(11-15)19(20,21)22/h4-6,11-12H,3,7-10,13H2,1-2H3. The summed E-state index contributed by atoms with van der Waals surface area (Å²) < 4.78 is 40.3. The van der Waals surface area contributed by atoms with E-state index in [1.165, 1.54) is 12.1 Å².